The van der Waals surface area contributed by atoms with Crippen LogP contribution in [0, 0.1) is 5.92 Å². The van der Waals surface area contributed by atoms with E-state index in [1.165, 1.54) is 44.1 Å². The number of rotatable bonds is 4. The van der Waals surface area contributed by atoms with Crippen molar-refractivity contribution in [3.05, 3.63) is 54.4 Å². The predicted molar refractivity (Wildman–Crippen MR) is 78.0 cm³/mol. The summed E-state index contributed by atoms with van der Waals surface area (Å²) in [5.41, 5.74) is 1.39. The molecule has 2 heteroatoms. The van der Waals surface area contributed by atoms with Crippen LogP contribution in [0.3, 0.4) is 0 Å². The summed E-state index contributed by atoms with van der Waals surface area (Å²) >= 11 is 0. The molecule has 1 fully saturated rings. The van der Waals surface area contributed by atoms with Gasteiger partial charge in [-0.05, 0) is 24.0 Å². The molecule has 2 nitrogen and oxygen atoms in total. The first-order valence-electron chi connectivity index (χ1n) is 7.47. The van der Waals surface area contributed by atoms with Crippen molar-refractivity contribution in [2.75, 3.05) is 0 Å². The fraction of sp³-hybridized carbons (Fsp3) is 0.471. The van der Waals surface area contributed by atoms with E-state index in [4.69, 9.17) is 0 Å². The molecule has 0 saturated heterocycles. The molecule has 19 heavy (non-hydrogen) atoms. The van der Waals surface area contributed by atoms with E-state index < -0.39 is 0 Å². The SMILES string of the molecule is c1ccc(C(CC2CCCCC2)n2cccn2)cc1. The molecule has 1 atom stereocenters. The van der Waals surface area contributed by atoms with Crippen molar-refractivity contribution in [1.82, 2.24) is 9.78 Å². The van der Waals surface area contributed by atoms with Gasteiger partial charge in [-0.15, -0.1) is 0 Å². The number of aromatic nitrogens is 2. The zero-order chi connectivity index (χ0) is 12.9. The van der Waals surface area contributed by atoms with Gasteiger partial charge in [-0.1, -0.05) is 62.4 Å². The summed E-state index contributed by atoms with van der Waals surface area (Å²) in [5, 5.41) is 4.48. The summed E-state index contributed by atoms with van der Waals surface area (Å²) < 4.78 is 2.13. The van der Waals surface area contributed by atoms with Crippen molar-refractivity contribution < 1.29 is 0 Å². The van der Waals surface area contributed by atoms with Crippen LogP contribution in [0.5, 0.6) is 0 Å². The Labute approximate surface area is 115 Å². The lowest BCUT2D eigenvalue weighted by molar-refractivity contribution is 0.296. The average Bonchev–Trinajstić information content (AvgIpc) is 3.01. The van der Waals surface area contributed by atoms with Crippen molar-refractivity contribution in [2.24, 2.45) is 5.92 Å². The highest BCUT2D eigenvalue weighted by atomic mass is 15.3. The zero-order valence-electron chi connectivity index (χ0n) is 11.4. The van der Waals surface area contributed by atoms with Crippen LogP contribution < -0.4 is 0 Å². The molecule has 3 rings (SSSR count). The lowest BCUT2D eigenvalue weighted by atomic mass is 9.83. The summed E-state index contributed by atoms with van der Waals surface area (Å²) in [6, 6.07) is 13.2. The third-order valence-corrected chi connectivity index (χ3v) is 4.31. The van der Waals surface area contributed by atoms with E-state index in [1.54, 1.807) is 0 Å². The molecule has 1 saturated carbocycles. The minimum Gasteiger partial charge on any atom is -0.265 e. The standard InChI is InChI=1S/C17H22N2/c1-3-8-15(9-4-1)14-17(19-13-7-12-18-19)16-10-5-2-6-11-16/h2,5-7,10-13,15,17H,1,3-4,8-9,14H2. The molecule has 0 radical (unpaired) electrons. The molecular weight excluding hydrogens is 232 g/mol. The largest absolute Gasteiger partial charge is 0.265 e. The van der Waals surface area contributed by atoms with E-state index in [0.717, 1.165) is 5.92 Å². The Bertz CT molecular complexity index is 469. The van der Waals surface area contributed by atoms with E-state index in [1.807, 2.05) is 12.3 Å². The fourth-order valence-corrected chi connectivity index (χ4v) is 3.28. The summed E-state index contributed by atoms with van der Waals surface area (Å²) in [6.07, 6.45) is 12.2. The lowest BCUT2D eigenvalue weighted by Gasteiger charge is -2.27. The van der Waals surface area contributed by atoms with E-state index in [0.29, 0.717) is 6.04 Å². The monoisotopic (exact) mass is 254 g/mol. The van der Waals surface area contributed by atoms with E-state index >= 15 is 0 Å². The first-order chi connectivity index (χ1) is 9.43. The van der Waals surface area contributed by atoms with Gasteiger partial charge in [0.2, 0.25) is 0 Å². The summed E-state index contributed by atoms with van der Waals surface area (Å²) in [6.45, 7) is 0. The van der Waals surface area contributed by atoms with Crippen molar-refractivity contribution in [1.29, 1.82) is 0 Å². The number of hydrogen-bond acceptors (Lipinski definition) is 1. The molecule has 0 bridgehead atoms. The van der Waals surface area contributed by atoms with Gasteiger partial charge in [-0.25, -0.2) is 0 Å². The normalized spacial score (nSPS) is 18.3. The summed E-state index contributed by atoms with van der Waals surface area (Å²) in [7, 11) is 0. The highest BCUT2D eigenvalue weighted by Crippen LogP contribution is 2.33. The molecule has 1 aromatic heterocycles. The Kier molecular flexibility index (Phi) is 3.97. The minimum absolute atomic E-state index is 0.402. The summed E-state index contributed by atoms with van der Waals surface area (Å²) in [5.74, 6) is 0.864. The van der Waals surface area contributed by atoms with Gasteiger partial charge in [0, 0.05) is 12.4 Å². The van der Waals surface area contributed by atoms with Crippen LogP contribution >= 0.6 is 0 Å². The van der Waals surface area contributed by atoms with Crippen LogP contribution in [-0.2, 0) is 0 Å². The molecule has 0 amide bonds. The Hall–Kier alpha value is -1.57. The fourth-order valence-electron chi connectivity index (χ4n) is 3.28. The lowest BCUT2D eigenvalue weighted by Crippen LogP contribution is -2.17. The van der Waals surface area contributed by atoms with Crippen LogP contribution in [0.1, 0.15) is 50.1 Å². The highest BCUT2D eigenvalue weighted by molar-refractivity contribution is 5.19. The Morgan fingerprint density at radius 1 is 1.05 bits per heavy atom. The molecule has 1 unspecified atom stereocenters. The third-order valence-electron chi connectivity index (χ3n) is 4.31. The van der Waals surface area contributed by atoms with Gasteiger partial charge in [0.05, 0.1) is 6.04 Å². The molecule has 2 aromatic rings. The van der Waals surface area contributed by atoms with Crippen molar-refractivity contribution in [2.45, 2.75) is 44.6 Å². The highest BCUT2D eigenvalue weighted by Gasteiger charge is 2.21. The van der Waals surface area contributed by atoms with Gasteiger partial charge in [0.15, 0.2) is 0 Å². The van der Waals surface area contributed by atoms with Crippen molar-refractivity contribution >= 4 is 0 Å². The van der Waals surface area contributed by atoms with Gasteiger partial charge < -0.3 is 0 Å². The molecule has 1 aliphatic rings. The maximum absolute atomic E-state index is 4.48. The van der Waals surface area contributed by atoms with Crippen molar-refractivity contribution in [3.8, 4) is 0 Å². The van der Waals surface area contributed by atoms with E-state index in [-0.39, 0.29) is 0 Å². The Morgan fingerprint density at radius 3 is 2.53 bits per heavy atom. The van der Waals surface area contributed by atoms with Gasteiger partial charge in [-0.3, -0.25) is 4.68 Å². The topological polar surface area (TPSA) is 17.8 Å². The second kappa shape index (κ2) is 6.05. The van der Waals surface area contributed by atoms with Crippen LogP contribution in [0.2, 0.25) is 0 Å². The quantitative estimate of drug-likeness (QED) is 0.788. The molecule has 1 aromatic carbocycles. The van der Waals surface area contributed by atoms with Crippen LogP contribution in [0.15, 0.2) is 48.8 Å². The molecular formula is C17H22N2. The first-order valence-corrected chi connectivity index (χ1v) is 7.47. The third kappa shape index (κ3) is 3.06. The summed E-state index contributed by atoms with van der Waals surface area (Å²) in [4.78, 5) is 0. The van der Waals surface area contributed by atoms with E-state index in [9.17, 15) is 0 Å². The molecule has 0 aliphatic heterocycles. The van der Waals surface area contributed by atoms with Gasteiger partial charge in [0.25, 0.3) is 0 Å². The smallest absolute Gasteiger partial charge is 0.0771 e. The van der Waals surface area contributed by atoms with Gasteiger partial charge in [-0.2, -0.15) is 5.10 Å². The first kappa shape index (κ1) is 12.5. The number of hydrogen-bond donors (Lipinski definition) is 0. The predicted octanol–water partition coefficient (Wildman–Crippen LogP) is 4.44. The molecule has 1 heterocycles. The maximum Gasteiger partial charge on any atom is 0.0771 e. The van der Waals surface area contributed by atoms with E-state index in [2.05, 4.69) is 46.3 Å². The molecule has 1 aliphatic carbocycles. The van der Waals surface area contributed by atoms with Crippen LogP contribution in [-0.4, -0.2) is 9.78 Å². The number of benzene rings is 1. The zero-order valence-corrected chi connectivity index (χ0v) is 11.4. The Balaban J connectivity index is 1.80. The Morgan fingerprint density at radius 2 is 1.84 bits per heavy atom. The van der Waals surface area contributed by atoms with Crippen LogP contribution in [0.25, 0.3) is 0 Å². The second-order valence-electron chi connectivity index (χ2n) is 5.65. The second-order valence-corrected chi connectivity index (χ2v) is 5.65. The van der Waals surface area contributed by atoms with Crippen molar-refractivity contribution in [3.63, 3.8) is 0 Å². The molecule has 0 N–H and O–H groups in total. The van der Waals surface area contributed by atoms with Gasteiger partial charge in [0.1, 0.15) is 0 Å². The minimum atomic E-state index is 0.402. The van der Waals surface area contributed by atoms with Gasteiger partial charge >= 0.3 is 0 Å². The molecule has 0 spiro atoms. The molecule has 100 valence electrons. The average molecular weight is 254 g/mol. The van der Waals surface area contributed by atoms with Crippen LogP contribution in [0.4, 0.5) is 0 Å². The maximum atomic E-state index is 4.48. The number of nitrogens with zero attached hydrogens (tertiary/aromatic N) is 2.